The van der Waals surface area contributed by atoms with Crippen molar-refractivity contribution in [2.75, 3.05) is 0 Å². The van der Waals surface area contributed by atoms with Crippen LogP contribution in [0.5, 0.6) is 0 Å². The Kier molecular flexibility index (Phi) is 4.07. The molecule has 0 amide bonds. The predicted molar refractivity (Wildman–Crippen MR) is 80.5 cm³/mol. The van der Waals surface area contributed by atoms with E-state index in [0.29, 0.717) is 11.5 Å². The van der Waals surface area contributed by atoms with Crippen LogP contribution in [0.4, 0.5) is 8.78 Å². The lowest BCUT2D eigenvalue weighted by molar-refractivity contribution is 0.519. The van der Waals surface area contributed by atoms with Crippen LogP contribution in [0.1, 0.15) is 50.5 Å². The van der Waals surface area contributed by atoms with E-state index in [4.69, 9.17) is 5.14 Å². The van der Waals surface area contributed by atoms with Crippen LogP contribution < -0.4 is 5.14 Å². The third kappa shape index (κ3) is 2.82. The van der Waals surface area contributed by atoms with Gasteiger partial charge < -0.3 is 0 Å². The highest BCUT2D eigenvalue weighted by Crippen LogP contribution is 2.44. The monoisotopic (exact) mass is 327 g/mol. The Morgan fingerprint density at radius 3 is 2.14 bits per heavy atom. The third-order valence-corrected chi connectivity index (χ3v) is 5.70. The SMILES string of the molecule is NS(=O)(=O)c1c(F)cc(C2=C(C3CCCC3)CCC2)cc1F. The fourth-order valence-electron chi connectivity index (χ4n) is 3.83. The highest BCUT2D eigenvalue weighted by Gasteiger charge is 2.28. The van der Waals surface area contributed by atoms with Crippen LogP contribution in [0.3, 0.4) is 0 Å². The summed E-state index contributed by atoms with van der Waals surface area (Å²) >= 11 is 0. The minimum atomic E-state index is -4.40. The zero-order valence-corrected chi connectivity index (χ0v) is 13.1. The van der Waals surface area contributed by atoms with Crippen molar-refractivity contribution in [1.82, 2.24) is 0 Å². The Balaban J connectivity index is 2.07. The molecule has 0 aliphatic heterocycles. The first-order valence-electron chi connectivity index (χ1n) is 7.62. The third-order valence-electron chi connectivity index (χ3n) is 4.74. The lowest BCUT2D eigenvalue weighted by atomic mass is 9.91. The quantitative estimate of drug-likeness (QED) is 0.919. The number of sulfonamides is 1. The van der Waals surface area contributed by atoms with Gasteiger partial charge in [-0.05, 0) is 61.3 Å². The molecule has 6 heteroatoms. The highest BCUT2D eigenvalue weighted by molar-refractivity contribution is 7.89. The van der Waals surface area contributed by atoms with E-state index < -0.39 is 26.6 Å². The van der Waals surface area contributed by atoms with E-state index >= 15 is 0 Å². The Morgan fingerprint density at radius 2 is 1.59 bits per heavy atom. The molecule has 0 saturated heterocycles. The Bertz CT molecular complexity index is 712. The van der Waals surface area contributed by atoms with Gasteiger partial charge in [-0.2, -0.15) is 0 Å². The van der Waals surface area contributed by atoms with Gasteiger partial charge in [0.2, 0.25) is 10.0 Å². The fourth-order valence-corrected chi connectivity index (χ4v) is 4.49. The number of primary sulfonamides is 1. The molecule has 0 aromatic heterocycles. The summed E-state index contributed by atoms with van der Waals surface area (Å²) in [4.78, 5) is -1.04. The molecule has 0 atom stereocenters. The molecule has 0 unspecified atom stereocenters. The Hall–Kier alpha value is -1.27. The molecule has 3 nitrogen and oxygen atoms in total. The van der Waals surface area contributed by atoms with E-state index in [1.54, 1.807) is 0 Å². The fraction of sp³-hybridized carbons (Fsp3) is 0.500. The van der Waals surface area contributed by atoms with Crippen LogP contribution >= 0.6 is 0 Å². The molecule has 1 saturated carbocycles. The highest BCUT2D eigenvalue weighted by atomic mass is 32.2. The van der Waals surface area contributed by atoms with Gasteiger partial charge in [0.25, 0.3) is 0 Å². The number of hydrogen-bond donors (Lipinski definition) is 1. The molecule has 2 aliphatic rings. The van der Waals surface area contributed by atoms with Gasteiger partial charge in [0, 0.05) is 0 Å². The molecule has 1 fully saturated rings. The standard InChI is InChI=1S/C16H19F2NO2S/c17-14-8-11(9-15(18)16(14)22(19,20)21)13-7-3-6-12(13)10-4-1-2-5-10/h8-10H,1-7H2,(H2,19,20,21). The summed E-state index contributed by atoms with van der Waals surface area (Å²) < 4.78 is 50.6. The van der Waals surface area contributed by atoms with Crippen LogP contribution in [-0.2, 0) is 10.0 Å². The normalized spacial score (nSPS) is 20.1. The molecule has 22 heavy (non-hydrogen) atoms. The summed E-state index contributed by atoms with van der Waals surface area (Å²) in [5.74, 6) is -1.70. The molecule has 0 heterocycles. The van der Waals surface area contributed by atoms with Gasteiger partial charge in [-0.3, -0.25) is 0 Å². The zero-order valence-electron chi connectivity index (χ0n) is 12.2. The molecule has 1 aromatic carbocycles. The van der Waals surface area contributed by atoms with Gasteiger partial charge in [-0.25, -0.2) is 22.3 Å². The van der Waals surface area contributed by atoms with Gasteiger partial charge >= 0.3 is 0 Å². The van der Waals surface area contributed by atoms with E-state index in [0.717, 1.165) is 49.8 Å². The first kappa shape index (κ1) is 15.6. The minimum Gasteiger partial charge on any atom is -0.224 e. The van der Waals surface area contributed by atoms with Gasteiger partial charge in [0.1, 0.15) is 11.6 Å². The van der Waals surface area contributed by atoms with Crippen molar-refractivity contribution in [3.8, 4) is 0 Å². The van der Waals surface area contributed by atoms with Gasteiger partial charge in [0.15, 0.2) is 4.90 Å². The lowest BCUT2D eigenvalue weighted by Crippen LogP contribution is -2.16. The number of benzene rings is 1. The molecule has 1 aromatic rings. The van der Waals surface area contributed by atoms with Crippen molar-refractivity contribution >= 4 is 15.6 Å². The molecule has 2 N–H and O–H groups in total. The van der Waals surface area contributed by atoms with Crippen LogP contribution in [0.2, 0.25) is 0 Å². The van der Waals surface area contributed by atoms with E-state index in [9.17, 15) is 17.2 Å². The van der Waals surface area contributed by atoms with Crippen LogP contribution in [0.15, 0.2) is 22.6 Å². The number of allylic oxidation sites excluding steroid dienone is 2. The van der Waals surface area contributed by atoms with Crippen LogP contribution in [0, 0.1) is 17.6 Å². The largest absolute Gasteiger partial charge is 0.243 e. The van der Waals surface area contributed by atoms with Crippen molar-refractivity contribution in [2.45, 2.75) is 49.8 Å². The molecular formula is C16H19F2NO2S. The summed E-state index contributed by atoms with van der Waals surface area (Å²) in [5, 5.41) is 4.87. The average molecular weight is 327 g/mol. The summed E-state index contributed by atoms with van der Waals surface area (Å²) in [6.07, 6.45) is 7.43. The maximum Gasteiger partial charge on any atom is 0.243 e. The molecule has 2 aliphatic carbocycles. The summed E-state index contributed by atoms with van der Waals surface area (Å²) in [6, 6.07) is 2.22. The lowest BCUT2D eigenvalue weighted by Gasteiger charge is -2.15. The molecule has 0 spiro atoms. The van der Waals surface area contributed by atoms with Crippen LogP contribution in [-0.4, -0.2) is 8.42 Å². The number of nitrogens with two attached hydrogens (primary N) is 1. The van der Waals surface area contributed by atoms with Crippen molar-refractivity contribution in [1.29, 1.82) is 0 Å². The zero-order chi connectivity index (χ0) is 15.9. The van der Waals surface area contributed by atoms with Crippen molar-refractivity contribution in [3.63, 3.8) is 0 Å². The van der Waals surface area contributed by atoms with Crippen LogP contribution in [0.25, 0.3) is 5.57 Å². The van der Waals surface area contributed by atoms with E-state index in [1.807, 2.05) is 0 Å². The average Bonchev–Trinajstić information content (AvgIpc) is 3.07. The first-order valence-corrected chi connectivity index (χ1v) is 9.16. The second-order valence-corrected chi connectivity index (χ2v) is 7.65. The number of halogens is 2. The molecule has 3 rings (SSSR count). The topological polar surface area (TPSA) is 60.2 Å². The number of hydrogen-bond acceptors (Lipinski definition) is 2. The Labute approximate surface area is 129 Å². The number of rotatable bonds is 3. The smallest absolute Gasteiger partial charge is 0.224 e. The molecular weight excluding hydrogens is 308 g/mol. The van der Waals surface area contributed by atoms with E-state index in [-0.39, 0.29) is 0 Å². The maximum absolute atomic E-state index is 14.0. The molecule has 0 radical (unpaired) electrons. The van der Waals surface area contributed by atoms with Crippen molar-refractivity contribution < 1.29 is 17.2 Å². The van der Waals surface area contributed by atoms with Gasteiger partial charge in [-0.15, -0.1) is 0 Å². The van der Waals surface area contributed by atoms with Crippen molar-refractivity contribution in [3.05, 3.63) is 34.9 Å². The molecule has 0 bridgehead atoms. The predicted octanol–water partition coefficient (Wildman–Crippen LogP) is 3.74. The second-order valence-electron chi connectivity index (χ2n) is 6.15. The maximum atomic E-state index is 14.0. The van der Waals surface area contributed by atoms with E-state index in [2.05, 4.69) is 0 Å². The second kappa shape index (κ2) is 5.74. The van der Waals surface area contributed by atoms with Crippen molar-refractivity contribution in [2.24, 2.45) is 11.1 Å². The van der Waals surface area contributed by atoms with Gasteiger partial charge in [-0.1, -0.05) is 18.4 Å². The van der Waals surface area contributed by atoms with Gasteiger partial charge in [0.05, 0.1) is 0 Å². The van der Waals surface area contributed by atoms with E-state index in [1.165, 1.54) is 18.4 Å². The first-order chi connectivity index (χ1) is 10.4. The summed E-state index contributed by atoms with van der Waals surface area (Å²) in [5.41, 5.74) is 2.76. The molecule has 120 valence electrons. The summed E-state index contributed by atoms with van der Waals surface area (Å²) in [7, 11) is -4.40. The summed E-state index contributed by atoms with van der Waals surface area (Å²) in [6.45, 7) is 0. The minimum absolute atomic E-state index is 0.460. The Morgan fingerprint density at radius 1 is 1.00 bits per heavy atom.